The third-order valence-electron chi connectivity index (χ3n) is 2.89. The van der Waals surface area contributed by atoms with Crippen molar-refractivity contribution in [2.24, 2.45) is 0 Å². The van der Waals surface area contributed by atoms with Gasteiger partial charge in [0.2, 0.25) is 0 Å². The lowest BCUT2D eigenvalue weighted by Gasteiger charge is -2.38. The molecule has 0 bridgehead atoms. The largest absolute Gasteiger partial charge is 0.351 e. The molecule has 1 aromatic rings. The number of hydrogen-bond donors (Lipinski definition) is 1. The Morgan fingerprint density at radius 1 is 1.62 bits per heavy atom. The zero-order chi connectivity index (χ0) is 11.5. The standard InChI is InChI=1S/C10H13BrClN3O/c11-8-9(13-6-14-10(8)16)15(5-4-12)7-2-1-3-7/h6-7H,1-5H2,(H,13,14,16). The molecule has 1 heterocycles. The van der Waals surface area contributed by atoms with Crippen molar-refractivity contribution in [2.45, 2.75) is 25.3 Å². The number of aromatic amines is 1. The normalized spacial score (nSPS) is 15.9. The number of halogens is 2. The first kappa shape index (κ1) is 11.9. The number of aromatic nitrogens is 2. The van der Waals surface area contributed by atoms with Gasteiger partial charge in [0.25, 0.3) is 5.56 Å². The van der Waals surface area contributed by atoms with Gasteiger partial charge in [-0.05, 0) is 35.2 Å². The molecule has 0 aromatic carbocycles. The third kappa shape index (κ3) is 2.25. The number of anilines is 1. The Balaban J connectivity index is 2.30. The Bertz CT molecular complexity index is 419. The molecule has 0 amide bonds. The Morgan fingerprint density at radius 2 is 2.38 bits per heavy atom. The molecular formula is C10H13BrClN3O. The van der Waals surface area contributed by atoms with Gasteiger partial charge in [-0.25, -0.2) is 4.98 Å². The molecule has 1 aliphatic carbocycles. The quantitative estimate of drug-likeness (QED) is 0.867. The summed E-state index contributed by atoms with van der Waals surface area (Å²) in [5.74, 6) is 1.24. The average molecular weight is 307 g/mol. The number of nitrogens with one attached hydrogen (secondary N) is 1. The summed E-state index contributed by atoms with van der Waals surface area (Å²) in [6.45, 7) is 0.723. The maximum atomic E-state index is 11.5. The van der Waals surface area contributed by atoms with E-state index in [4.69, 9.17) is 11.6 Å². The van der Waals surface area contributed by atoms with Gasteiger partial charge in [0, 0.05) is 18.5 Å². The summed E-state index contributed by atoms with van der Waals surface area (Å²) in [5, 5.41) is 0. The molecule has 0 atom stereocenters. The maximum absolute atomic E-state index is 11.5. The summed E-state index contributed by atoms with van der Waals surface area (Å²) in [6.07, 6.45) is 4.97. The second-order valence-corrected chi connectivity index (χ2v) is 5.01. The van der Waals surface area contributed by atoms with Crippen molar-refractivity contribution < 1.29 is 0 Å². The van der Waals surface area contributed by atoms with Gasteiger partial charge in [-0.3, -0.25) is 4.79 Å². The summed E-state index contributed by atoms with van der Waals surface area (Å²) in [4.78, 5) is 20.4. The number of H-pyrrole nitrogens is 1. The first-order valence-corrected chi connectivity index (χ1v) is 6.62. The van der Waals surface area contributed by atoms with Crippen molar-refractivity contribution >= 4 is 33.3 Å². The van der Waals surface area contributed by atoms with Crippen LogP contribution in [-0.4, -0.2) is 28.4 Å². The summed E-state index contributed by atoms with van der Waals surface area (Å²) < 4.78 is 0.493. The Kier molecular flexibility index (Phi) is 3.86. The molecule has 0 radical (unpaired) electrons. The van der Waals surface area contributed by atoms with Crippen molar-refractivity contribution in [3.05, 3.63) is 21.2 Å². The van der Waals surface area contributed by atoms with Crippen molar-refractivity contribution in [2.75, 3.05) is 17.3 Å². The van der Waals surface area contributed by atoms with Gasteiger partial charge >= 0.3 is 0 Å². The van der Waals surface area contributed by atoms with E-state index in [2.05, 4.69) is 30.8 Å². The molecule has 1 N–H and O–H groups in total. The number of rotatable bonds is 4. The highest BCUT2D eigenvalue weighted by Crippen LogP contribution is 2.30. The molecule has 4 nitrogen and oxygen atoms in total. The summed E-state index contributed by atoms with van der Waals surface area (Å²) >= 11 is 9.07. The first-order valence-electron chi connectivity index (χ1n) is 5.30. The van der Waals surface area contributed by atoms with E-state index in [0.29, 0.717) is 22.2 Å². The molecular weight excluding hydrogens is 293 g/mol. The number of nitrogens with zero attached hydrogens (tertiary/aromatic N) is 2. The molecule has 1 fully saturated rings. The van der Waals surface area contributed by atoms with Crippen LogP contribution < -0.4 is 10.5 Å². The first-order chi connectivity index (χ1) is 7.74. The minimum Gasteiger partial charge on any atom is -0.351 e. The van der Waals surface area contributed by atoms with Gasteiger partial charge in [0.15, 0.2) is 5.82 Å². The van der Waals surface area contributed by atoms with E-state index in [1.54, 1.807) is 0 Å². The van der Waals surface area contributed by atoms with E-state index in [0.717, 1.165) is 19.4 Å². The highest BCUT2D eigenvalue weighted by molar-refractivity contribution is 9.10. The van der Waals surface area contributed by atoms with Crippen LogP contribution in [0.4, 0.5) is 5.82 Å². The molecule has 0 spiro atoms. The van der Waals surface area contributed by atoms with Crippen LogP contribution >= 0.6 is 27.5 Å². The molecule has 6 heteroatoms. The fourth-order valence-electron chi connectivity index (χ4n) is 1.82. The summed E-state index contributed by atoms with van der Waals surface area (Å²) in [7, 11) is 0. The fourth-order valence-corrected chi connectivity index (χ4v) is 2.45. The van der Waals surface area contributed by atoms with E-state index >= 15 is 0 Å². The molecule has 16 heavy (non-hydrogen) atoms. The van der Waals surface area contributed by atoms with Crippen LogP contribution in [0.5, 0.6) is 0 Å². The van der Waals surface area contributed by atoms with Crippen LogP contribution in [0.1, 0.15) is 19.3 Å². The highest BCUT2D eigenvalue weighted by Gasteiger charge is 2.27. The number of alkyl halides is 1. The van der Waals surface area contributed by atoms with Crippen LogP contribution in [0, 0.1) is 0 Å². The molecule has 0 aliphatic heterocycles. The van der Waals surface area contributed by atoms with Gasteiger partial charge in [-0.2, -0.15) is 0 Å². The average Bonchev–Trinajstić information content (AvgIpc) is 2.19. The molecule has 1 saturated carbocycles. The lowest BCUT2D eigenvalue weighted by molar-refractivity contribution is 0.388. The molecule has 2 rings (SSSR count). The van der Waals surface area contributed by atoms with Gasteiger partial charge in [-0.1, -0.05) is 0 Å². The predicted molar refractivity (Wildman–Crippen MR) is 68.3 cm³/mol. The van der Waals surface area contributed by atoms with Gasteiger partial charge < -0.3 is 9.88 Å². The number of hydrogen-bond acceptors (Lipinski definition) is 3. The van der Waals surface area contributed by atoms with Gasteiger partial charge in [0.1, 0.15) is 4.47 Å². The van der Waals surface area contributed by atoms with Crippen LogP contribution in [0.25, 0.3) is 0 Å². The molecule has 1 aliphatic rings. The Hall–Kier alpha value is -0.550. The van der Waals surface area contributed by atoms with Crippen LogP contribution in [-0.2, 0) is 0 Å². The topological polar surface area (TPSA) is 49.0 Å². The Morgan fingerprint density at radius 3 is 2.94 bits per heavy atom. The summed E-state index contributed by atoms with van der Waals surface area (Å²) in [5.41, 5.74) is -0.149. The molecule has 0 saturated heterocycles. The van der Waals surface area contributed by atoms with Crippen LogP contribution in [0.3, 0.4) is 0 Å². The van der Waals surface area contributed by atoms with Crippen LogP contribution in [0.2, 0.25) is 0 Å². The lowest BCUT2D eigenvalue weighted by Crippen LogP contribution is -2.42. The van der Waals surface area contributed by atoms with Crippen molar-refractivity contribution in [3.8, 4) is 0 Å². The second kappa shape index (κ2) is 5.19. The van der Waals surface area contributed by atoms with Crippen molar-refractivity contribution in [3.63, 3.8) is 0 Å². The van der Waals surface area contributed by atoms with Crippen molar-refractivity contribution in [1.82, 2.24) is 9.97 Å². The van der Waals surface area contributed by atoms with E-state index in [-0.39, 0.29) is 5.56 Å². The van der Waals surface area contributed by atoms with E-state index in [1.165, 1.54) is 12.7 Å². The molecule has 88 valence electrons. The fraction of sp³-hybridized carbons (Fsp3) is 0.600. The Labute approximate surface area is 107 Å². The van der Waals surface area contributed by atoms with E-state index in [9.17, 15) is 4.79 Å². The summed E-state index contributed by atoms with van der Waals surface area (Å²) in [6, 6.07) is 0.476. The van der Waals surface area contributed by atoms with Gasteiger partial charge in [-0.15, -0.1) is 11.6 Å². The van der Waals surface area contributed by atoms with E-state index in [1.807, 2.05) is 0 Å². The zero-order valence-corrected chi connectivity index (χ0v) is 11.1. The molecule has 0 unspecified atom stereocenters. The predicted octanol–water partition coefficient (Wildman–Crippen LogP) is 2.13. The monoisotopic (exact) mass is 305 g/mol. The van der Waals surface area contributed by atoms with Crippen molar-refractivity contribution in [1.29, 1.82) is 0 Å². The maximum Gasteiger partial charge on any atom is 0.267 e. The van der Waals surface area contributed by atoms with Gasteiger partial charge in [0.05, 0.1) is 6.33 Å². The smallest absolute Gasteiger partial charge is 0.267 e. The van der Waals surface area contributed by atoms with E-state index < -0.39 is 0 Å². The second-order valence-electron chi connectivity index (χ2n) is 3.84. The minimum atomic E-state index is -0.149. The minimum absolute atomic E-state index is 0.149. The SMILES string of the molecule is O=c1[nH]cnc(N(CCCl)C2CCC2)c1Br. The lowest BCUT2D eigenvalue weighted by atomic mass is 9.91. The zero-order valence-electron chi connectivity index (χ0n) is 8.75. The highest BCUT2D eigenvalue weighted by atomic mass is 79.9. The molecule has 1 aromatic heterocycles. The third-order valence-corrected chi connectivity index (χ3v) is 3.77. The van der Waals surface area contributed by atoms with Crippen LogP contribution in [0.15, 0.2) is 15.6 Å².